The highest BCUT2D eigenvalue weighted by Crippen LogP contribution is 2.17. The van der Waals surface area contributed by atoms with Crippen molar-refractivity contribution in [2.24, 2.45) is 0 Å². The van der Waals surface area contributed by atoms with E-state index in [0.29, 0.717) is 0 Å². The highest BCUT2D eigenvalue weighted by Gasteiger charge is 2.12. The van der Waals surface area contributed by atoms with Gasteiger partial charge in [0.1, 0.15) is 0 Å². The van der Waals surface area contributed by atoms with Gasteiger partial charge in [-0.15, -0.1) is 0 Å². The molecule has 0 aliphatic rings. The first kappa shape index (κ1) is 19.0. The Kier molecular flexibility index (Phi) is 11.4. The monoisotopic (exact) mass is 253 g/mol. The quantitative estimate of drug-likeness (QED) is 0.842. The Balaban J connectivity index is -0.000000609. The van der Waals surface area contributed by atoms with E-state index >= 15 is 0 Å². The maximum atomic E-state index is 11.8. The third kappa shape index (κ3) is 4.91. The highest BCUT2D eigenvalue weighted by atomic mass is 16.1. The van der Waals surface area contributed by atoms with Gasteiger partial charge in [-0.2, -0.15) is 0 Å². The van der Waals surface area contributed by atoms with Gasteiger partial charge in [-0.1, -0.05) is 59.7 Å². The first-order valence-corrected chi connectivity index (χ1v) is 6.57. The summed E-state index contributed by atoms with van der Waals surface area (Å²) in [5, 5.41) is 2.72. The third-order valence-electron chi connectivity index (χ3n) is 2.59. The molecule has 106 valence electrons. The fourth-order valence-corrected chi connectivity index (χ4v) is 1.84. The summed E-state index contributed by atoms with van der Waals surface area (Å²) < 4.78 is 0. The molecule has 0 unspecified atom stereocenters. The van der Waals surface area contributed by atoms with E-state index in [1.54, 1.807) is 7.05 Å². The Bertz CT molecular complexity index is 351. The summed E-state index contributed by atoms with van der Waals surface area (Å²) in [7, 11) is 1.69. The van der Waals surface area contributed by atoms with Gasteiger partial charge < -0.3 is 5.32 Å². The lowest BCUT2D eigenvalue weighted by Crippen LogP contribution is -2.21. The molecule has 0 aliphatic heterocycles. The zero-order valence-electron chi connectivity index (χ0n) is 11.8. The van der Waals surface area contributed by atoms with Crippen molar-refractivity contribution in [1.82, 2.24) is 5.32 Å². The van der Waals surface area contributed by atoms with Gasteiger partial charge in [-0.3, -0.25) is 4.79 Å². The fourth-order valence-electron chi connectivity index (χ4n) is 1.84. The van der Waals surface area contributed by atoms with E-state index in [9.17, 15) is 4.79 Å². The van der Waals surface area contributed by atoms with Crippen LogP contribution in [-0.4, -0.2) is 13.0 Å². The van der Waals surface area contributed by atoms with Gasteiger partial charge in [0, 0.05) is 14.0 Å². The molecule has 0 atom stereocenters. The summed E-state index contributed by atoms with van der Waals surface area (Å²) in [6, 6.07) is 6.12. The molecule has 0 radical (unpaired) electrons. The summed E-state index contributed by atoms with van der Waals surface area (Å²) in [6.07, 6.45) is 2.94. The lowest BCUT2D eigenvalue weighted by Gasteiger charge is -2.11. The molecule has 1 aromatic carbocycles. The van der Waals surface area contributed by atoms with E-state index in [4.69, 9.17) is 0 Å². The minimum Gasteiger partial charge on any atom is -0.355 e. The Morgan fingerprint density at radius 3 is 2.22 bits per heavy atom. The van der Waals surface area contributed by atoms with Crippen molar-refractivity contribution >= 4 is 5.91 Å². The largest absolute Gasteiger partial charge is 0.355 e. The van der Waals surface area contributed by atoms with Gasteiger partial charge in [0.15, 0.2) is 0 Å². The maximum absolute atomic E-state index is 11.8. The summed E-state index contributed by atoms with van der Waals surface area (Å²) >= 11 is 0. The second-order valence-electron chi connectivity index (χ2n) is 3.63. The first-order valence-electron chi connectivity index (χ1n) is 6.57. The molecule has 0 bridgehead atoms. The summed E-state index contributed by atoms with van der Waals surface area (Å²) in [5.41, 5.74) is 3.18. The second kappa shape index (κ2) is 10.8. The fraction of sp³-hybridized carbons (Fsp3) is 0.562. The van der Waals surface area contributed by atoms with Crippen LogP contribution in [0.15, 0.2) is 18.2 Å². The molecular weight excluding hydrogens is 222 g/mol. The van der Waals surface area contributed by atoms with Gasteiger partial charge in [0.25, 0.3) is 5.91 Å². The molecule has 1 N–H and O–H groups in total. The summed E-state index contributed by atoms with van der Waals surface area (Å²) in [6.45, 7) is 8.21. The standard InChI is InChI=1S/C13H19NO.C2H6.CH4.H2/c1-4-7-11-9-6-8-10(5-2)12(11)13(15)14-3;1-2;;/h6,8-9H,4-5,7H2,1-3H3,(H,14,15);1-2H3;1H4;1H. The number of amides is 1. The molecule has 0 aliphatic carbocycles. The average Bonchev–Trinajstić information content (AvgIpc) is 2.40. The van der Waals surface area contributed by atoms with Crippen LogP contribution in [0.4, 0.5) is 0 Å². The SMILES string of the molecule is C.CC.CCCc1cccc(CC)c1C(=O)NC.[HH]. The molecule has 18 heavy (non-hydrogen) atoms. The molecule has 2 nitrogen and oxygen atoms in total. The van der Waals surface area contributed by atoms with E-state index < -0.39 is 0 Å². The Morgan fingerprint density at radius 1 is 1.22 bits per heavy atom. The van der Waals surface area contributed by atoms with Crippen LogP contribution in [0.25, 0.3) is 0 Å². The molecular formula is C16H31NO. The van der Waals surface area contributed by atoms with Crippen LogP contribution in [0, 0.1) is 0 Å². The molecule has 0 saturated heterocycles. The predicted molar refractivity (Wildman–Crippen MR) is 83.4 cm³/mol. The zero-order valence-corrected chi connectivity index (χ0v) is 11.8. The van der Waals surface area contributed by atoms with Crippen molar-refractivity contribution in [1.29, 1.82) is 0 Å². The maximum Gasteiger partial charge on any atom is 0.251 e. The zero-order chi connectivity index (χ0) is 13.3. The van der Waals surface area contributed by atoms with Crippen molar-refractivity contribution in [2.75, 3.05) is 7.05 Å². The van der Waals surface area contributed by atoms with Gasteiger partial charge in [-0.25, -0.2) is 0 Å². The molecule has 0 fully saturated rings. The smallest absolute Gasteiger partial charge is 0.251 e. The topological polar surface area (TPSA) is 29.1 Å². The van der Waals surface area contributed by atoms with Crippen molar-refractivity contribution in [3.05, 3.63) is 34.9 Å². The van der Waals surface area contributed by atoms with Crippen LogP contribution in [-0.2, 0) is 12.8 Å². The normalized spacial score (nSPS) is 8.72. The van der Waals surface area contributed by atoms with Crippen LogP contribution < -0.4 is 5.32 Å². The number of benzene rings is 1. The van der Waals surface area contributed by atoms with Crippen LogP contribution in [0.3, 0.4) is 0 Å². The van der Waals surface area contributed by atoms with Gasteiger partial charge in [0.05, 0.1) is 0 Å². The van der Waals surface area contributed by atoms with Gasteiger partial charge >= 0.3 is 0 Å². The number of hydrogen-bond donors (Lipinski definition) is 1. The Hall–Kier alpha value is -1.31. The molecule has 2 heteroatoms. The van der Waals surface area contributed by atoms with E-state index in [-0.39, 0.29) is 14.8 Å². The van der Waals surface area contributed by atoms with Crippen molar-refractivity contribution in [2.45, 2.75) is 54.4 Å². The molecule has 0 spiro atoms. The van der Waals surface area contributed by atoms with E-state index in [2.05, 4.69) is 19.2 Å². The summed E-state index contributed by atoms with van der Waals surface area (Å²) in [5.74, 6) is 0.0379. The van der Waals surface area contributed by atoms with E-state index in [1.165, 1.54) is 0 Å². The second-order valence-corrected chi connectivity index (χ2v) is 3.63. The minimum atomic E-state index is 0. The number of carbonyl (C=O) groups is 1. The average molecular weight is 253 g/mol. The van der Waals surface area contributed by atoms with Crippen LogP contribution >= 0.6 is 0 Å². The first-order chi connectivity index (χ1) is 8.24. The molecule has 1 aromatic rings. The molecule has 0 saturated carbocycles. The predicted octanol–water partition coefficient (Wildman–Crippen LogP) is 4.47. The van der Waals surface area contributed by atoms with E-state index in [0.717, 1.165) is 36.0 Å². The minimum absolute atomic E-state index is 0. The molecule has 1 rings (SSSR count). The summed E-state index contributed by atoms with van der Waals surface area (Å²) in [4.78, 5) is 11.8. The van der Waals surface area contributed by atoms with Gasteiger partial charge in [-0.05, 0) is 24.0 Å². The Labute approximate surface area is 114 Å². The van der Waals surface area contributed by atoms with Crippen LogP contribution in [0.1, 0.15) is 64.5 Å². The Morgan fingerprint density at radius 2 is 1.78 bits per heavy atom. The number of carbonyl (C=O) groups excluding carboxylic acids is 1. The van der Waals surface area contributed by atoms with Gasteiger partial charge in [0.2, 0.25) is 0 Å². The molecule has 0 aromatic heterocycles. The third-order valence-corrected chi connectivity index (χ3v) is 2.59. The van der Waals surface area contributed by atoms with Crippen molar-refractivity contribution in [3.63, 3.8) is 0 Å². The number of nitrogens with one attached hydrogen (secondary N) is 1. The lowest BCUT2D eigenvalue weighted by molar-refractivity contribution is 0.0961. The van der Waals surface area contributed by atoms with Crippen molar-refractivity contribution in [3.8, 4) is 0 Å². The number of hydrogen-bond acceptors (Lipinski definition) is 1. The molecule has 0 heterocycles. The van der Waals surface area contributed by atoms with E-state index in [1.807, 2.05) is 32.0 Å². The van der Waals surface area contributed by atoms with Crippen molar-refractivity contribution < 1.29 is 6.22 Å². The number of aryl methyl sites for hydroxylation is 2. The lowest BCUT2D eigenvalue weighted by atomic mass is 9.96. The van der Waals surface area contributed by atoms with Crippen LogP contribution in [0.5, 0.6) is 0 Å². The highest BCUT2D eigenvalue weighted by molar-refractivity contribution is 5.97. The molecule has 1 amide bonds. The number of rotatable bonds is 4. The van der Waals surface area contributed by atoms with Crippen LogP contribution in [0.2, 0.25) is 0 Å².